The second-order valence-electron chi connectivity index (χ2n) is 6.52. The molecular formula is C19H22BrN3O3S. The number of carbonyl (C=O) groups is 1. The van der Waals surface area contributed by atoms with Crippen molar-refractivity contribution in [3.05, 3.63) is 58.8 Å². The Bertz CT molecular complexity index is 873. The van der Waals surface area contributed by atoms with Gasteiger partial charge in [0.1, 0.15) is 0 Å². The SMILES string of the molecule is O=C(NCCc1ccccn1)[C@H]1CCCN(S(=O)(=O)c2ccc(Br)cc2)C1. The molecule has 0 radical (unpaired) electrons. The van der Waals surface area contributed by atoms with Crippen LogP contribution in [0, 0.1) is 5.92 Å². The number of benzene rings is 1. The van der Waals surface area contributed by atoms with E-state index in [1.54, 1.807) is 30.5 Å². The quantitative estimate of drug-likeness (QED) is 0.731. The van der Waals surface area contributed by atoms with Gasteiger partial charge >= 0.3 is 0 Å². The predicted molar refractivity (Wildman–Crippen MR) is 107 cm³/mol. The van der Waals surface area contributed by atoms with Crippen molar-refractivity contribution in [1.82, 2.24) is 14.6 Å². The molecule has 0 spiro atoms. The lowest BCUT2D eigenvalue weighted by Gasteiger charge is -2.31. The van der Waals surface area contributed by atoms with Gasteiger partial charge in [0.15, 0.2) is 0 Å². The number of hydrogen-bond donors (Lipinski definition) is 1. The summed E-state index contributed by atoms with van der Waals surface area (Å²) < 4.78 is 27.9. The zero-order chi connectivity index (χ0) is 19.3. The van der Waals surface area contributed by atoms with Crippen LogP contribution in [0.5, 0.6) is 0 Å². The molecule has 6 nitrogen and oxygen atoms in total. The fourth-order valence-electron chi connectivity index (χ4n) is 3.13. The van der Waals surface area contributed by atoms with E-state index in [-0.39, 0.29) is 23.3 Å². The first-order valence-electron chi connectivity index (χ1n) is 8.90. The number of aromatic nitrogens is 1. The van der Waals surface area contributed by atoms with Crippen molar-refractivity contribution in [3.63, 3.8) is 0 Å². The molecule has 0 bridgehead atoms. The summed E-state index contributed by atoms with van der Waals surface area (Å²) in [6, 6.07) is 12.3. The maximum Gasteiger partial charge on any atom is 0.243 e. The second kappa shape index (κ2) is 8.95. The highest BCUT2D eigenvalue weighted by Crippen LogP contribution is 2.25. The molecule has 1 aromatic heterocycles. The number of nitrogens with one attached hydrogen (secondary N) is 1. The summed E-state index contributed by atoms with van der Waals surface area (Å²) in [6.07, 6.45) is 3.75. The molecule has 27 heavy (non-hydrogen) atoms. The minimum atomic E-state index is -3.59. The van der Waals surface area contributed by atoms with Crippen LogP contribution in [0.2, 0.25) is 0 Å². The van der Waals surface area contributed by atoms with Crippen molar-refractivity contribution in [3.8, 4) is 0 Å². The number of pyridine rings is 1. The van der Waals surface area contributed by atoms with E-state index in [4.69, 9.17) is 0 Å². The number of piperidine rings is 1. The fraction of sp³-hybridized carbons (Fsp3) is 0.368. The van der Waals surface area contributed by atoms with Crippen molar-refractivity contribution < 1.29 is 13.2 Å². The number of nitrogens with zero attached hydrogens (tertiary/aromatic N) is 2. The Labute approximate surface area is 168 Å². The maximum atomic E-state index is 12.8. The number of rotatable bonds is 6. The monoisotopic (exact) mass is 451 g/mol. The molecule has 0 unspecified atom stereocenters. The molecule has 1 amide bonds. The van der Waals surface area contributed by atoms with Crippen LogP contribution in [-0.2, 0) is 21.2 Å². The van der Waals surface area contributed by atoms with Crippen LogP contribution < -0.4 is 5.32 Å². The molecule has 1 fully saturated rings. The molecular weight excluding hydrogens is 430 g/mol. The molecule has 2 aromatic rings. The lowest BCUT2D eigenvalue weighted by molar-refractivity contribution is -0.126. The fourth-order valence-corrected chi connectivity index (χ4v) is 4.92. The largest absolute Gasteiger partial charge is 0.355 e. The van der Waals surface area contributed by atoms with Crippen molar-refractivity contribution >= 4 is 31.9 Å². The average Bonchev–Trinajstić information content (AvgIpc) is 2.69. The zero-order valence-electron chi connectivity index (χ0n) is 14.8. The molecule has 8 heteroatoms. The molecule has 2 heterocycles. The number of halogens is 1. The van der Waals surface area contributed by atoms with Crippen LogP contribution in [0.15, 0.2) is 58.0 Å². The van der Waals surface area contributed by atoms with Crippen LogP contribution in [0.1, 0.15) is 18.5 Å². The van der Waals surface area contributed by atoms with E-state index in [9.17, 15) is 13.2 Å². The summed E-state index contributed by atoms with van der Waals surface area (Å²) in [6.45, 7) is 1.15. The smallest absolute Gasteiger partial charge is 0.243 e. The van der Waals surface area contributed by atoms with Gasteiger partial charge in [-0.3, -0.25) is 9.78 Å². The van der Waals surface area contributed by atoms with Crippen molar-refractivity contribution in [2.24, 2.45) is 5.92 Å². The Kier molecular flexibility index (Phi) is 6.62. The van der Waals surface area contributed by atoms with Gasteiger partial charge in [0.05, 0.1) is 10.8 Å². The van der Waals surface area contributed by atoms with Crippen LogP contribution in [-0.4, -0.2) is 43.2 Å². The van der Waals surface area contributed by atoms with Gasteiger partial charge in [-0.1, -0.05) is 22.0 Å². The van der Waals surface area contributed by atoms with Crippen LogP contribution in [0.4, 0.5) is 0 Å². The van der Waals surface area contributed by atoms with Gasteiger partial charge in [-0.05, 0) is 49.2 Å². The summed E-state index contributed by atoms with van der Waals surface area (Å²) in [7, 11) is -3.59. The first kappa shape index (κ1) is 20.0. The lowest BCUT2D eigenvalue weighted by Crippen LogP contribution is -2.45. The summed E-state index contributed by atoms with van der Waals surface area (Å²) in [4.78, 5) is 17.0. The van der Waals surface area contributed by atoms with Crippen LogP contribution in [0.3, 0.4) is 0 Å². The average molecular weight is 452 g/mol. The number of hydrogen-bond acceptors (Lipinski definition) is 4. The molecule has 144 valence electrons. The second-order valence-corrected chi connectivity index (χ2v) is 9.37. The normalized spacial score (nSPS) is 18.2. The van der Waals surface area contributed by atoms with Gasteiger partial charge in [-0.25, -0.2) is 8.42 Å². The molecule has 1 atom stereocenters. The van der Waals surface area contributed by atoms with Crippen molar-refractivity contribution in [2.75, 3.05) is 19.6 Å². The van der Waals surface area contributed by atoms with E-state index in [2.05, 4.69) is 26.2 Å². The van der Waals surface area contributed by atoms with E-state index >= 15 is 0 Å². The third-order valence-corrected chi connectivity index (χ3v) is 7.02. The van der Waals surface area contributed by atoms with Crippen molar-refractivity contribution in [2.45, 2.75) is 24.2 Å². The van der Waals surface area contributed by atoms with Gasteiger partial charge in [-0.2, -0.15) is 4.31 Å². The molecule has 1 N–H and O–H groups in total. The lowest BCUT2D eigenvalue weighted by atomic mass is 9.99. The van der Waals surface area contributed by atoms with Gasteiger partial charge < -0.3 is 5.32 Å². The standard InChI is InChI=1S/C19H22BrN3O3S/c20-16-6-8-18(9-7-16)27(25,26)23-13-3-4-15(14-23)19(24)22-12-10-17-5-1-2-11-21-17/h1-2,5-9,11,15H,3-4,10,12-14H2,(H,22,24)/t15-/m0/s1. The highest BCUT2D eigenvalue weighted by atomic mass is 79.9. The van der Waals surface area contributed by atoms with E-state index in [0.717, 1.165) is 10.2 Å². The minimum Gasteiger partial charge on any atom is -0.355 e. The Morgan fingerprint density at radius 2 is 2.00 bits per heavy atom. The van der Waals surface area contributed by atoms with E-state index in [0.29, 0.717) is 32.4 Å². The number of carbonyl (C=O) groups excluding carboxylic acids is 1. The highest BCUT2D eigenvalue weighted by Gasteiger charge is 2.33. The third kappa shape index (κ3) is 5.15. The molecule has 1 aliphatic heterocycles. The first-order chi connectivity index (χ1) is 13.0. The third-order valence-electron chi connectivity index (χ3n) is 4.61. The van der Waals surface area contributed by atoms with E-state index in [1.807, 2.05) is 18.2 Å². The first-order valence-corrected chi connectivity index (χ1v) is 11.1. The molecule has 3 rings (SSSR count). The molecule has 1 aliphatic rings. The molecule has 1 aromatic carbocycles. The summed E-state index contributed by atoms with van der Waals surface area (Å²) in [5.74, 6) is -0.422. The molecule has 0 aliphatic carbocycles. The molecule has 0 saturated carbocycles. The number of amides is 1. The Morgan fingerprint density at radius 3 is 2.70 bits per heavy atom. The van der Waals surface area contributed by atoms with E-state index < -0.39 is 10.0 Å². The maximum absolute atomic E-state index is 12.8. The Morgan fingerprint density at radius 1 is 1.22 bits per heavy atom. The summed E-state index contributed by atoms with van der Waals surface area (Å²) >= 11 is 3.31. The van der Waals surface area contributed by atoms with Crippen LogP contribution >= 0.6 is 15.9 Å². The van der Waals surface area contributed by atoms with Gasteiger partial charge in [0, 0.05) is 42.4 Å². The topological polar surface area (TPSA) is 79.4 Å². The van der Waals surface area contributed by atoms with Gasteiger partial charge in [0.2, 0.25) is 15.9 Å². The van der Waals surface area contributed by atoms with Gasteiger partial charge in [-0.15, -0.1) is 0 Å². The summed E-state index contributed by atoms with van der Waals surface area (Å²) in [5, 5.41) is 2.91. The zero-order valence-corrected chi connectivity index (χ0v) is 17.2. The predicted octanol–water partition coefficient (Wildman–Crippen LogP) is 2.60. The summed E-state index contributed by atoms with van der Waals surface area (Å²) in [5.41, 5.74) is 0.917. The molecule has 1 saturated heterocycles. The minimum absolute atomic E-state index is 0.0957. The van der Waals surface area contributed by atoms with E-state index in [1.165, 1.54) is 4.31 Å². The van der Waals surface area contributed by atoms with Crippen LogP contribution in [0.25, 0.3) is 0 Å². The number of sulfonamides is 1. The van der Waals surface area contributed by atoms with Crippen molar-refractivity contribution in [1.29, 1.82) is 0 Å². The Hall–Kier alpha value is -1.77. The Balaban J connectivity index is 1.58. The highest BCUT2D eigenvalue weighted by molar-refractivity contribution is 9.10. The van der Waals surface area contributed by atoms with Gasteiger partial charge in [0.25, 0.3) is 0 Å².